The zero-order chi connectivity index (χ0) is 42.1. The van der Waals surface area contributed by atoms with Crippen LogP contribution in [0.15, 0.2) is 0 Å². The number of quaternary nitrogens is 1. The number of carbonyl (C=O) groups excluding carboxylic acids is 1. The second kappa shape index (κ2) is 40.9. The summed E-state index contributed by atoms with van der Waals surface area (Å²) in [6.45, 7) is 4.88. The molecule has 3 N–H and O–H groups in total. The molecule has 0 heterocycles. The van der Waals surface area contributed by atoms with Crippen LogP contribution in [-0.2, 0) is 18.4 Å². The van der Waals surface area contributed by atoms with Gasteiger partial charge in [-0.3, -0.25) is 13.8 Å². The molecule has 0 aliphatic rings. The molecule has 3 atom stereocenters. The summed E-state index contributed by atoms with van der Waals surface area (Å²) in [6.07, 6.45) is 46.0. The Balaban J connectivity index is 3.95. The highest BCUT2D eigenvalue weighted by atomic mass is 31.2. The van der Waals surface area contributed by atoms with Crippen molar-refractivity contribution in [3.8, 4) is 0 Å². The smallest absolute Gasteiger partial charge is 0.391 e. The topological polar surface area (TPSA) is 105 Å². The lowest BCUT2D eigenvalue weighted by atomic mass is 10.0. The van der Waals surface area contributed by atoms with Crippen LogP contribution in [0.3, 0.4) is 0 Å². The molecule has 1 amide bonds. The van der Waals surface area contributed by atoms with E-state index in [9.17, 15) is 19.4 Å². The van der Waals surface area contributed by atoms with Crippen molar-refractivity contribution >= 4 is 13.7 Å². The van der Waals surface area contributed by atoms with Gasteiger partial charge in [-0.25, -0.2) is 4.57 Å². The Morgan fingerprint density at radius 2 is 0.842 bits per heavy atom. The Morgan fingerprint density at radius 1 is 0.526 bits per heavy atom. The minimum absolute atomic E-state index is 0.0781. The van der Waals surface area contributed by atoms with E-state index in [1.54, 1.807) is 0 Å². The first-order valence-electron chi connectivity index (χ1n) is 24.9. The van der Waals surface area contributed by atoms with Crippen LogP contribution in [0.2, 0.25) is 0 Å². The molecule has 0 aliphatic heterocycles. The summed E-state index contributed by atoms with van der Waals surface area (Å²) < 4.78 is 23.6. The predicted octanol–water partition coefficient (Wildman–Crippen LogP) is 14.1. The van der Waals surface area contributed by atoms with Gasteiger partial charge in [0.15, 0.2) is 0 Å². The third kappa shape index (κ3) is 43.4. The number of aliphatic hydroxyl groups excluding tert-OH is 1. The number of likely N-dealkylation sites (N-methyl/N-ethyl adjacent to an activating group) is 1. The van der Waals surface area contributed by atoms with Crippen LogP contribution in [-0.4, -0.2) is 73.4 Å². The maximum Gasteiger partial charge on any atom is 0.472 e. The predicted molar refractivity (Wildman–Crippen MR) is 245 cm³/mol. The molecule has 3 unspecified atom stereocenters. The number of hydrogen-bond donors (Lipinski definition) is 3. The van der Waals surface area contributed by atoms with E-state index in [4.69, 9.17) is 9.05 Å². The second-order valence-electron chi connectivity index (χ2n) is 18.6. The maximum atomic E-state index is 12.9. The molecular formula is C48H100N2O6P+. The fourth-order valence-corrected chi connectivity index (χ4v) is 8.37. The summed E-state index contributed by atoms with van der Waals surface area (Å²) in [5.41, 5.74) is 0. The van der Waals surface area contributed by atoms with Crippen molar-refractivity contribution in [3.63, 3.8) is 0 Å². The van der Waals surface area contributed by atoms with E-state index in [1.807, 2.05) is 21.1 Å². The number of phosphoric acid groups is 1. The average molecular weight is 832 g/mol. The van der Waals surface area contributed by atoms with Crippen LogP contribution in [0.5, 0.6) is 0 Å². The summed E-state index contributed by atoms with van der Waals surface area (Å²) in [6, 6.07) is -0.751. The van der Waals surface area contributed by atoms with Crippen LogP contribution in [0, 0.1) is 0 Å². The Morgan fingerprint density at radius 3 is 1.18 bits per heavy atom. The van der Waals surface area contributed by atoms with Gasteiger partial charge < -0.3 is 19.8 Å². The van der Waals surface area contributed by atoms with Gasteiger partial charge in [0.2, 0.25) is 5.91 Å². The lowest BCUT2D eigenvalue weighted by Gasteiger charge is -2.26. The molecule has 57 heavy (non-hydrogen) atoms. The van der Waals surface area contributed by atoms with Crippen LogP contribution < -0.4 is 5.32 Å². The number of phosphoric ester groups is 1. The van der Waals surface area contributed by atoms with E-state index >= 15 is 0 Å². The molecule has 0 saturated heterocycles. The van der Waals surface area contributed by atoms with Gasteiger partial charge in [-0.05, 0) is 12.8 Å². The zero-order valence-corrected chi connectivity index (χ0v) is 39.8. The number of amides is 1. The first kappa shape index (κ1) is 56.5. The summed E-state index contributed by atoms with van der Waals surface area (Å²) in [4.78, 5) is 23.1. The van der Waals surface area contributed by atoms with Crippen molar-refractivity contribution in [1.82, 2.24) is 5.32 Å². The largest absolute Gasteiger partial charge is 0.472 e. The molecule has 0 aliphatic carbocycles. The number of carbonyl (C=O) groups is 1. The lowest BCUT2D eigenvalue weighted by Crippen LogP contribution is -2.46. The van der Waals surface area contributed by atoms with Crippen LogP contribution in [0.4, 0.5) is 0 Å². The van der Waals surface area contributed by atoms with E-state index < -0.39 is 20.0 Å². The summed E-state index contributed by atoms with van der Waals surface area (Å²) in [5, 5.41) is 13.9. The van der Waals surface area contributed by atoms with E-state index in [1.165, 1.54) is 186 Å². The average Bonchev–Trinajstić information content (AvgIpc) is 3.16. The van der Waals surface area contributed by atoms with Gasteiger partial charge >= 0.3 is 7.82 Å². The van der Waals surface area contributed by atoms with Crippen LogP contribution in [0.1, 0.15) is 251 Å². The van der Waals surface area contributed by atoms with Gasteiger partial charge in [-0.15, -0.1) is 0 Å². The Labute approximate surface area is 355 Å². The monoisotopic (exact) mass is 832 g/mol. The number of hydrogen-bond acceptors (Lipinski definition) is 5. The van der Waals surface area contributed by atoms with Gasteiger partial charge in [-0.2, -0.15) is 0 Å². The number of rotatable bonds is 46. The Hall–Kier alpha value is -0.500. The van der Waals surface area contributed by atoms with Crippen LogP contribution >= 0.6 is 7.82 Å². The van der Waals surface area contributed by atoms with E-state index in [-0.39, 0.29) is 19.1 Å². The Kier molecular flexibility index (Phi) is 40.5. The normalized spacial score (nSPS) is 14.2. The fraction of sp³-hybridized carbons (Fsp3) is 0.979. The van der Waals surface area contributed by atoms with Crippen molar-refractivity contribution in [2.75, 3.05) is 40.9 Å². The second-order valence-corrected chi connectivity index (χ2v) is 20.0. The van der Waals surface area contributed by atoms with Gasteiger partial charge in [0, 0.05) is 6.42 Å². The Bertz CT molecular complexity index is 901. The molecule has 0 aromatic rings. The van der Waals surface area contributed by atoms with Gasteiger partial charge in [0.05, 0.1) is 39.9 Å². The summed E-state index contributed by atoms with van der Waals surface area (Å²) in [7, 11) is 1.63. The third-order valence-corrected chi connectivity index (χ3v) is 12.6. The molecular weight excluding hydrogens is 732 g/mol. The van der Waals surface area contributed by atoms with Crippen LogP contribution in [0.25, 0.3) is 0 Å². The minimum atomic E-state index is -4.30. The minimum Gasteiger partial charge on any atom is -0.391 e. The quantitative estimate of drug-likeness (QED) is 0.0321. The SMILES string of the molecule is CCCCCCCCCCCCCCCCCCCCCCCCCCCCCC(=O)NC(COP(=O)(O)OCC[N+](C)(C)C)C(O)CCCCCCCCCC. The number of aliphatic hydroxyl groups is 1. The lowest BCUT2D eigenvalue weighted by molar-refractivity contribution is -0.870. The maximum absolute atomic E-state index is 12.9. The first-order chi connectivity index (χ1) is 27.5. The van der Waals surface area contributed by atoms with Crippen molar-refractivity contribution in [3.05, 3.63) is 0 Å². The molecule has 8 nitrogen and oxygen atoms in total. The van der Waals surface area contributed by atoms with Gasteiger partial charge in [-0.1, -0.05) is 232 Å². The van der Waals surface area contributed by atoms with Crippen molar-refractivity contribution in [2.45, 2.75) is 264 Å². The van der Waals surface area contributed by atoms with E-state index in [0.717, 1.165) is 38.5 Å². The summed E-state index contributed by atoms with van der Waals surface area (Å²) in [5.74, 6) is -0.142. The van der Waals surface area contributed by atoms with Gasteiger partial charge in [0.25, 0.3) is 0 Å². The molecule has 9 heteroatoms. The molecule has 0 saturated carbocycles. The molecule has 0 fully saturated rings. The first-order valence-corrected chi connectivity index (χ1v) is 26.4. The highest BCUT2D eigenvalue weighted by Gasteiger charge is 2.28. The highest BCUT2D eigenvalue weighted by Crippen LogP contribution is 2.43. The van der Waals surface area contributed by atoms with E-state index in [0.29, 0.717) is 23.9 Å². The molecule has 0 spiro atoms. The molecule has 0 rings (SSSR count). The van der Waals surface area contributed by atoms with Crippen molar-refractivity contribution < 1.29 is 32.9 Å². The standard InChI is InChI=1S/C48H99N2O6P/c1-6-8-10-12-14-16-17-18-19-20-21-22-23-24-25-26-27-28-29-30-31-32-33-34-36-38-40-42-48(52)49-46(45-56-57(53,54)55-44-43-50(3,4)5)47(51)41-39-37-35-15-13-11-9-7-2/h46-47,51H,6-45H2,1-5H3,(H-,49,52,53,54)/p+1. The molecule has 0 radical (unpaired) electrons. The number of nitrogens with one attached hydrogen (secondary N) is 1. The molecule has 342 valence electrons. The number of nitrogens with zero attached hydrogens (tertiary/aromatic N) is 1. The van der Waals surface area contributed by atoms with E-state index in [2.05, 4.69) is 19.2 Å². The summed E-state index contributed by atoms with van der Waals surface area (Å²) >= 11 is 0. The molecule has 0 bridgehead atoms. The van der Waals surface area contributed by atoms with Gasteiger partial charge in [0.1, 0.15) is 13.2 Å². The highest BCUT2D eigenvalue weighted by molar-refractivity contribution is 7.47. The zero-order valence-electron chi connectivity index (χ0n) is 38.9. The number of unbranched alkanes of at least 4 members (excludes halogenated alkanes) is 33. The molecule has 0 aromatic carbocycles. The fourth-order valence-electron chi connectivity index (χ4n) is 7.64. The third-order valence-electron chi connectivity index (χ3n) is 11.6. The molecule has 0 aromatic heterocycles. The van der Waals surface area contributed by atoms with Crippen molar-refractivity contribution in [1.29, 1.82) is 0 Å². The van der Waals surface area contributed by atoms with Crippen molar-refractivity contribution in [2.24, 2.45) is 0 Å².